The molecule has 0 spiro atoms. The Morgan fingerprint density at radius 1 is 1.23 bits per heavy atom. The number of unbranched alkanes of at least 4 members (excludes halogenated alkanes) is 3. The van der Waals surface area contributed by atoms with Crippen LogP contribution in [0.2, 0.25) is 0 Å². The van der Waals surface area contributed by atoms with Crippen molar-refractivity contribution in [1.29, 1.82) is 0 Å². The summed E-state index contributed by atoms with van der Waals surface area (Å²) in [5.74, 6) is -0.0800. The van der Waals surface area contributed by atoms with Crippen molar-refractivity contribution in [3.05, 3.63) is 58.6 Å². The third kappa shape index (κ3) is 6.99. The minimum Gasteiger partial charge on any atom is -0.391 e. The molecule has 2 aromatic rings. The van der Waals surface area contributed by atoms with E-state index >= 15 is 0 Å². The van der Waals surface area contributed by atoms with Gasteiger partial charge in [-0.1, -0.05) is 56.5 Å². The summed E-state index contributed by atoms with van der Waals surface area (Å²) in [6.45, 7) is 1.76. The number of aliphatic hydroxyl groups excluding tert-OH is 1. The van der Waals surface area contributed by atoms with Gasteiger partial charge < -0.3 is 19.9 Å². The number of carbonyl (C=O) groups is 1. The zero-order chi connectivity index (χ0) is 22.1. The monoisotopic (exact) mass is 429 g/mol. The van der Waals surface area contributed by atoms with Crippen LogP contribution >= 0.6 is 0 Å². The van der Waals surface area contributed by atoms with Crippen molar-refractivity contribution in [2.24, 2.45) is 5.92 Å². The second-order valence-electron chi connectivity index (χ2n) is 7.87. The van der Waals surface area contributed by atoms with Gasteiger partial charge in [0, 0.05) is 12.1 Å². The van der Waals surface area contributed by atoms with E-state index < -0.39 is 18.2 Å². The summed E-state index contributed by atoms with van der Waals surface area (Å²) in [6, 6.07) is 12.0. The van der Waals surface area contributed by atoms with E-state index in [0.29, 0.717) is 0 Å². The molecular formula is C23H31N3O5. The van der Waals surface area contributed by atoms with Crippen LogP contribution in [0.25, 0.3) is 0 Å². The summed E-state index contributed by atoms with van der Waals surface area (Å²) in [6.07, 6.45) is 6.40. The number of nitrogens with zero attached hydrogens (tertiary/aromatic N) is 2. The molecule has 3 rings (SSSR count). The molecule has 1 aromatic carbocycles. The molecule has 1 saturated heterocycles. The van der Waals surface area contributed by atoms with Crippen LogP contribution in [0.4, 0.5) is 5.82 Å². The highest BCUT2D eigenvalue weighted by molar-refractivity contribution is 5.91. The molecule has 168 valence electrons. The van der Waals surface area contributed by atoms with Crippen molar-refractivity contribution in [3.63, 3.8) is 0 Å². The number of hydrogen-bond acceptors (Lipinski definition) is 6. The Balaban J connectivity index is 1.37. The first-order valence-electron chi connectivity index (χ1n) is 10.9. The maximum atomic E-state index is 12.4. The molecule has 0 radical (unpaired) electrons. The normalized spacial score (nSPS) is 19.3. The SMILES string of the molecule is CC(CCCCCCc1ccccc1)C(=O)Nc1ccn([C@@H]2CO[C@H](CO)O2)c(=O)n1. The summed E-state index contributed by atoms with van der Waals surface area (Å²) in [5, 5.41) is 11.8. The third-order valence-corrected chi connectivity index (χ3v) is 5.42. The van der Waals surface area contributed by atoms with Crippen LogP contribution in [0.15, 0.2) is 47.4 Å². The summed E-state index contributed by atoms with van der Waals surface area (Å²) < 4.78 is 11.9. The Bertz CT molecular complexity index is 886. The van der Waals surface area contributed by atoms with E-state index in [1.165, 1.54) is 16.3 Å². The third-order valence-electron chi connectivity index (χ3n) is 5.42. The van der Waals surface area contributed by atoms with Gasteiger partial charge in [-0.15, -0.1) is 0 Å². The number of aromatic nitrogens is 2. The number of aryl methyl sites for hydroxylation is 1. The Morgan fingerprint density at radius 3 is 2.71 bits per heavy atom. The average molecular weight is 430 g/mol. The highest BCUT2D eigenvalue weighted by Gasteiger charge is 2.27. The molecule has 1 amide bonds. The molecule has 8 nitrogen and oxygen atoms in total. The van der Waals surface area contributed by atoms with Crippen LogP contribution in [-0.4, -0.2) is 40.1 Å². The number of benzene rings is 1. The number of aliphatic hydroxyl groups is 1. The molecule has 3 atom stereocenters. The fourth-order valence-corrected chi connectivity index (χ4v) is 3.54. The first-order chi connectivity index (χ1) is 15.1. The summed E-state index contributed by atoms with van der Waals surface area (Å²) >= 11 is 0. The highest BCUT2D eigenvalue weighted by atomic mass is 16.7. The fraction of sp³-hybridized carbons (Fsp3) is 0.522. The Kier molecular flexibility index (Phi) is 8.75. The van der Waals surface area contributed by atoms with Gasteiger partial charge in [-0.05, 0) is 30.9 Å². The van der Waals surface area contributed by atoms with Gasteiger partial charge in [0.1, 0.15) is 5.82 Å². The standard InChI is InChI=1S/C23H31N3O5/c1-17(9-5-2-3-6-10-18-11-7-4-8-12-18)22(28)24-19-13-14-26(23(29)25-19)20-16-30-21(15-27)31-20/h4,7-8,11-14,17,20-21,27H,2-3,5-6,9-10,15-16H2,1H3,(H,24,25,28,29)/t17?,20-,21-/m0/s1. The van der Waals surface area contributed by atoms with Crippen LogP contribution in [0.1, 0.15) is 50.8 Å². The van der Waals surface area contributed by atoms with E-state index in [1.807, 2.05) is 13.0 Å². The number of hydrogen-bond donors (Lipinski definition) is 2. The summed E-state index contributed by atoms with van der Waals surface area (Å²) in [4.78, 5) is 28.6. The van der Waals surface area contributed by atoms with Crippen LogP contribution in [0, 0.1) is 5.92 Å². The number of anilines is 1. The quantitative estimate of drug-likeness (QED) is 0.533. The van der Waals surface area contributed by atoms with Gasteiger partial charge in [-0.25, -0.2) is 4.79 Å². The highest BCUT2D eigenvalue weighted by Crippen LogP contribution is 2.19. The van der Waals surface area contributed by atoms with Crippen LogP contribution in [0.5, 0.6) is 0 Å². The Hall–Kier alpha value is -2.55. The van der Waals surface area contributed by atoms with Crippen LogP contribution in [-0.2, 0) is 20.7 Å². The van der Waals surface area contributed by atoms with Crippen molar-refractivity contribution >= 4 is 11.7 Å². The number of carbonyl (C=O) groups excluding carboxylic acids is 1. The van der Waals surface area contributed by atoms with E-state index in [1.54, 1.807) is 6.07 Å². The number of rotatable bonds is 11. The van der Waals surface area contributed by atoms with Crippen LogP contribution < -0.4 is 11.0 Å². The first-order valence-corrected chi connectivity index (χ1v) is 10.9. The van der Waals surface area contributed by atoms with E-state index in [4.69, 9.17) is 14.6 Å². The van der Waals surface area contributed by atoms with Crippen LogP contribution in [0.3, 0.4) is 0 Å². The van der Waals surface area contributed by atoms with Gasteiger partial charge >= 0.3 is 5.69 Å². The molecule has 1 aliphatic heterocycles. The Morgan fingerprint density at radius 2 is 2.00 bits per heavy atom. The lowest BCUT2D eigenvalue weighted by atomic mass is 10.0. The van der Waals surface area contributed by atoms with Gasteiger partial charge in [0.05, 0.1) is 13.2 Å². The molecule has 0 saturated carbocycles. The number of ether oxygens (including phenoxy) is 2. The molecule has 0 aliphatic carbocycles. The second kappa shape index (κ2) is 11.7. The maximum Gasteiger partial charge on any atom is 0.351 e. The lowest BCUT2D eigenvalue weighted by molar-refractivity contribution is -0.119. The summed E-state index contributed by atoms with van der Waals surface area (Å²) in [7, 11) is 0. The molecule has 0 bridgehead atoms. The molecule has 1 fully saturated rings. The van der Waals surface area contributed by atoms with Gasteiger partial charge in [-0.3, -0.25) is 9.36 Å². The van der Waals surface area contributed by atoms with Crippen molar-refractivity contribution in [1.82, 2.24) is 9.55 Å². The van der Waals surface area contributed by atoms with Gasteiger partial charge in [0.15, 0.2) is 12.5 Å². The topological polar surface area (TPSA) is 103 Å². The predicted octanol–water partition coefficient (Wildman–Crippen LogP) is 2.87. The van der Waals surface area contributed by atoms with Gasteiger partial charge in [-0.2, -0.15) is 4.98 Å². The molecule has 1 aromatic heterocycles. The summed E-state index contributed by atoms with van der Waals surface area (Å²) in [5.41, 5.74) is 0.820. The number of nitrogens with one attached hydrogen (secondary N) is 1. The van der Waals surface area contributed by atoms with E-state index in [0.717, 1.165) is 38.5 Å². The van der Waals surface area contributed by atoms with E-state index in [9.17, 15) is 9.59 Å². The largest absolute Gasteiger partial charge is 0.391 e. The Labute approximate surface area is 182 Å². The average Bonchev–Trinajstić information content (AvgIpc) is 3.25. The molecule has 1 unspecified atom stereocenters. The zero-order valence-corrected chi connectivity index (χ0v) is 17.9. The molecule has 31 heavy (non-hydrogen) atoms. The van der Waals surface area contributed by atoms with Crippen molar-refractivity contribution in [2.45, 2.75) is 58.0 Å². The molecule has 2 heterocycles. The van der Waals surface area contributed by atoms with E-state index in [2.05, 4.69) is 34.6 Å². The molecule has 2 N–H and O–H groups in total. The number of amides is 1. The maximum absolute atomic E-state index is 12.4. The fourth-order valence-electron chi connectivity index (χ4n) is 3.54. The van der Waals surface area contributed by atoms with Crippen molar-refractivity contribution in [2.75, 3.05) is 18.5 Å². The minimum absolute atomic E-state index is 0.144. The minimum atomic E-state index is -0.740. The first kappa shape index (κ1) is 23.1. The van der Waals surface area contributed by atoms with Crippen molar-refractivity contribution in [3.8, 4) is 0 Å². The van der Waals surface area contributed by atoms with E-state index in [-0.39, 0.29) is 30.9 Å². The van der Waals surface area contributed by atoms with Crippen molar-refractivity contribution < 1.29 is 19.4 Å². The molecular weight excluding hydrogens is 398 g/mol. The molecule has 1 aliphatic rings. The molecule has 8 heteroatoms. The lowest BCUT2D eigenvalue weighted by Crippen LogP contribution is -2.30. The second-order valence-corrected chi connectivity index (χ2v) is 7.87. The van der Waals surface area contributed by atoms with Gasteiger partial charge in [0.25, 0.3) is 0 Å². The van der Waals surface area contributed by atoms with Gasteiger partial charge in [0.2, 0.25) is 5.91 Å². The smallest absolute Gasteiger partial charge is 0.351 e. The zero-order valence-electron chi connectivity index (χ0n) is 17.9. The lowest BCUT2D eigenvalue weighted by Gasteiger charge is -2.14. The predicted molar refractivity (Wildman–Crippen MR) is 116 cm³/mol.